The fourth-order valence-electron chi connectivity index (χ4n) is 1.08. The van der Waals surface area contributed by atoms with E-state index >= 15 is 0 Å². The van der Waals surface area contributed by atoms with Crippen LogP contribution in [-0.2, 0) is 0 Å². The highest BCUT2D eigenvalue weighted by Gasteiger charge is 2.09. The second-order valence-electron chi connectivity index (χ2n) is 2.87. The monoisotopic (exact) mass is 305 g/mol. The summed E-state index contributed by atoms with van der Waals surface area (Å²) in [5, 5.41) is 0. The van der Waals surface area contributed by atoms with Gasteiger partial charge in [0.2, 0.25) is 0 Å². The van der Waals surface area contributed by atoms with E-state index in [4.69, 9.17) is 10.5 Å². The van der Waals surface area contributed by atoms with Gasteiger partial charge in [-0.15, -0.1) is 0 Å². The highest BCUT2D eigenvalue weighted by molar-refractivity contribution is 14.1. The number of ether oxygens (including phenoxy) is 1. The zero-order valence-corrected chi connectivity index (χ0v) is 10.3. The number of anilines is 1. The molecule has 0 fully saturated rings. The third kappa shape index (κ3) is 2.37. The molecule has 0 spiro atoms. The number of carbonyl (C=O) groups is 1. The smallest absolute Gasteiger partial charge is 0.160 e. The summed E-state index contributed by atoms with van der Waals surface area (Å²) in [6.45, 7) is 3.97. The molecule has 0 saturated carbocycles. The lowest BCUT2D eigenvalue weighted by Crippen LogP contribution is -2.02. The number of Topliss-reactive ketones (excluding diaryl/α,β-unsaturated/α-hetero) is 1. The number of nitrogen functional groups attached to an aromatic ring is 1. The van der Waals surface area contributed by atoms with Crippen molar-refractivity contribution in [1.82, 2.24) is 0 Å². The first-order valence-corrected chi connectivity index (χ1v) is 5.37. The van der Waals surface area contributed by atoms with Crippen LogP contribution in [-0.4, -0.2) is 12.4 Å². The molecular weight excluding hydrogens is 293 g/mol. The SMILES string of the molecule is CCOc1cc(C(C)=O)cc(N)c1I. The summed E-state index contributed by atoms with van der Waals surface area (Å²) in [5.74, 6) is 0.673. The Bertz CT molecular complexity index is 363. The maximum atomic E-state index is 11.2. The summed E-state index contributed by atoms with van der Waals surface area (Å²) in [5.41, 5.74) is 6.92. The fourth-order valence-corrected chi connectivity index (χ4v) is 1.55. The quantitative estimate of drug-likeness (QED) is 0.530. The largest absolute Gasteiger partial charge is 0.493 e. The molecule has 0 heterocycles. The van der Waals surface area contributed by atoms with Crippen molar-refractivity contribution in [3.8, 4) is 5.75 Å². The van der Waals surface area contributed by atoms with E-state index in [1.165, 1.54) is 6.92 Å². The molecule has 0 atom stereocenters. The van der Waals surface area contributed by atoms with Crippen molar-refractivity contribution < 1.29 is 9.53 Å². The summed E-state index contributed by atoms with van der Waals surface area (Å²) in [6.07, 6.45) is 0. The van der Waals surface area contributed by atoms with Crippen LogP contribution < -0.4 is 10.5 Å². The zero-order chi connectivity index (χ0) is 10.7. The van der Waals surface area contributed by atoms with Gasteiger partial charge in [-0.3, -0.25) is 4.79 Å². The number of carbonyl (C=O) groups excluding carboxylic acids is 1. The van der Waals surface area contributed by atoms with E-state index < -0.39 is 0 Å². The minimum absolute atomic E-state index is 0.00551. The molecule has 76 valence electrons. The van der Waals surface area contributed by atoms with Crippen LogP contribution >= 0.6 is 22.6 Å². The molecule has 0 aromatic heterocycles. The second-order valence-corrected chi connectivity index (χ2v) is 3.95. The van der Waals surface area contributed by atoms with Crippen molar-refractivity contribution in [2.75, 3.05) is 12.3 Å². The first-order valence-electron chi connectivity index (χ1n) is 4.29. The van der Waals surface area contributed by atoms with Crippen LogP contribution in [0.3, 0.4) is 0 Å². The van der Waals surface area contributed by atoms with Crippen LogP contribution in [0.2, 0.25) is 0 Å². The van der Waals surface area contributed by atoms with E-state index in [0.29, 0.717) is 23.6 Å². The summed E-state index contributed by atoms with van der Waals surface area (Å²) >= 11 is 2.11. The van der Waals surface area contributed by atoms with Gasteiger partial charge in [0.15, 0.2) is 5.78 Å². The van der Waals surface area contributed by atoms with Gasteiger partial charge in [-0.05, 0) is 48.6 Å². The normalized spacial score (nSPS) is 9.93. The maximum Gasteiger partial charge on any atom is 0.160 e. The lowest BCUT2D eigenvalue weighted by Gasteiger charge is -2.09. The minimum Gasteiger partial charge on any atom is -0.493 e. The van der Waals surface area contributed by atoms with Gasteiger partial charge in [0.1, 0.15) is 5.75 Å². The molecule has 1 aromatic rings. The summed E-state index contributed by atoms with van der Waals surface area (Å²) < 4.78 is 6.22. The number of nitrogens with two attached hydrogens (primary N) is 1. The molecule has 14 heavy (non-hydrogen) atoms. The summed E-state index contributed by atoms with van der Waals surface area (Å²) in [7, 11) is 0. The average Bonchev–Trinajstić information content (AvgIpc) is 2.12. The van der Waals surface area contributed by atoms with Crippen molar-refractivity contribution >= 4 is 34.1 Å². The Kier molecular flexibility index (Phi) is 3.74. The first kappa shape index (κ1) is 11.3. The van der Waals surface area contributed by atoms with Gasteiger partial charge in [0.05, 0.1) is 10.2 Å². The lowest BCUT2D eigenvalue weighted by molar-refractivity contribution is 0.101. The molecular formula is C10H12INO2. The van der Waals surface area contributed by atoms with Crippen LogP contribution in [0.4, 0.5) is 5.69 Å². The number of ketones is 1. The van der Waals surface area contributed by atoms with E-state index in [-0.39, 0.29) is 5.78 Å². The van der Waals surface area contributed by atoms with Gasteiger partial charge in [-0.25, -0.2) is 0 Å². The molecule has 0 unspecified atom stereocenters. The van der Waals surface area contributed by atoms with Crippen molar-refractivity contribution in [2.24, 2.45) is 0 Å². The number of hydrogen-bond donors (Lipinski definition) is 1. The Morgan fingerprint density at radius 1 is 1.57 bits per heavy atom. The topological polar surface area (TPSA) is 52.3 Å². The van der Waals surface area contributed by atoms with Crippen LogP contribution in [0.25, 0.3) is 0 Å². The molecule has 0 aliphatic rings. The van der Waals surface area contributed by atoms with E-state index in [2.05, 4.69) is 22.6 Å². The molecule has 1 rings (SSSR count). The van der Waals surface area contributed by atoms with Crippen LogP contribution in [0.15, 0.2) is 12.1 Å². The molecule has 0 amide bonds. The predicted molar refractivity (Wildman–Crippen MR) is 64.7 cm³/mol. The molecule has 0 aliphatic carbocycles. The van der Waals surface area contributed by atoms with Gasteiger partial charge in [-0.2, -0.15) is 0 Å². The average molecular weight is 305 g/mol. The Morgan fingerprint density at radius 3 is 2.71 bits per heavy atom. The molecule has 3 nitrogen and oxygen atoms in total. The minimum atomic E-state index is -0.00551. The zero-order valence-electron chi connectivity index (χ0n) is 8.13. The van der Waals surface area contributed by atoms with Crippen molar-refractivity contribution in [3.05, 3.63) is 21.3 Å². The van der Waals surface area contributed by atoms with E-state index in [1.54, 1.807) is 12.1 Å². The van der Waals surface area contributed by atoms with E-state index in [1.807, 2.05) is 6.92 Å². The molecule has 0 radical (unpaired) electrons. The van der Waals surface area contributed by atoms with Gasteiger partial charge < -0.3 is 10.5 Å². The van der Waals surface area contributed by atoms with Crippen molar-refractivity contribution in [1.29, 1.82) is 0 Å². The third-order valence-electron chi connectivity index (χ3n) is 1.77. The van der Waals surface area contributed by atoms with E-state index in [0.717, 1.165) is 3.57 Å². The Hall–Kier alpha value is -0.780. The number of hydrogen-bond acceptors (Lipinski definition) is 3. The highest BCUT2D eigenvalue weighted by atomic mass is 127. The Morgan fingerprint density at radius 2 is 2.21 bits per heavy atom. The van der Waals surface area contributed by atoms with Gasteiger partial charge in [0, 0.05) is 11.3 Å². The predicted octanol–water partition coefficient (Wildman–Crippen LogP) is 2.47. The van der Waals surface area contributed by atoms with Gasteiger partial charge in [-0.1, -0.05) is 0 Å². The first-order chi connectivity index (χ1) is 6.56. The molecule has 0 aliphatic heterocycles. The molecule has 0 bridgehead atoms. The number of rotatable bonds is 3. The summed E-state index contributed by atoms with van der Waals surface area (Å²) in [4.78, 5) is 11.2. The molecule has 4 heteroatoms. The van der Waals surface area contributed by atoms with Gasteiger partial charge in [0.25, 0.3) is 0 Å². The molecule has 1 aromatic carbocycles. The Balaban J connectivity index is 3.20. The van der Waals surface area contributed by atoms with Gasteiger partial charge >= 0.3 is 0 Å². The van der Waals surface area contributed by atoms with Crippen LogP contribution in [0.5, 0.6) is 5.75 Å². The fraction of sp³-hybridized carbons (Fsp3) is 0.300. The highest BCUT2D eigenvalue weighted by Crippen LogP contribution is 2.28. The molecule has 2 N–H and O–H groups in total. The molecule has 0 saturated heterocycles. The summed E-state index contributed by atoms with van der Waals surface area (Å²) in [6, 6.07) is 3.40. The lowest BCUT2D eigenvalue weighted by atomic mass is 10.1. The van der Waals surface area contributed by atoms with Crippen molar-refractivity contribution in [2.45, 2.75) is 13.8 Å². The standard InChI is InChI=1S/C10H12INO2/c1-3-14-9-5-7(6(2)13)4-8(12)10(9)11/h4-5H,3,12H2,1-2H3. The number of halogens is 1. The third-order valence-corrected chi connectivity index (χ3v) is 2.93. The Labute approximate surface area is 96.8 Å². The number of benzene rings is 1. The second kappa shape index (κ2) is 4.63. The maximum absolute atomic E-state index is 11.2. The van der Waals surface area contributed by atoms with E-state index in [9.17, 15) is 4.79 Å². The van der Waals surface area contributed by atoms with Crippen molar-refractivity contribution in [3.63, 3.8) is 0 Å². The van der Waals surface area contributed by atoms with Crippen LogP contribution in [0, 0.1) is 3.57 Å². The van der Waals surface area contributed by atoms with Crippen LogP contribution in [0.1, 0.15) is 24.2 Å².